The molecule has 2 N–H and O–H groups in total. The van der Waals surface area contributed by atoms with Crippen LogP contribution in [-0.2, 0) is 4.79 Å². The summed E-state index contributed by atoms with van der Waals surface area (Å²) in [6, 6.07) is 16.6. The first-order valence-corrected chi connectivity index (χ1v) is 8.62. The molecule has 1 saturated carbocycles. The van der Waals surface area contributed by atoms with E-state index in [4.69, 9.17) is 0 Å². The van der Waals surface area contributed by atoms with Gasteiger partial charge in [0.05, 0.1) is 0 Å². The first-order chi connectivity index (χ1) is 10.6. The highest BCUT2D eigenvalue weighted by molar-refractivity contribution is 14.1. The van der Waals surface area contributed by atoms with E-state index in [1.54, 1.807) is 0 Å². The van der Waals surface area contributed by atoms with Crippen molar-refractivity contribution in [3.05, 3.63) is 57.7 Å². The average molecular weight is 406 g/mol. The summed E-state index contributed by atoms with van der Waals surface area (Å²) in [4.78, 5) is 11.8. The summed E-state index contributed by atoms with van der Waals surface area (Å²) in [5, 5.41) is 6.47. The van der Waals surface area contributed by atoms with Gasteiger partial charge in [-0.05, 0) is 78.3 Å². The van der Waals surface area contributed by atoms with E-state index in [1.807, 2.05) is 24.3 Å². The van der Waals surface area contributed by atoms with Crippen LogP contribution in [0.25, 0.3) is 0 Å². The van der Waals surface area contributed by atoms with E-state index in [0.29, 0.717) is 0 Å². The number of halogens is 1. The lowest BCUT2D eigenvalue weighted by Gasteiger charge is -2.16. The second kappa shape index (κ2) is 6.69. The Bertz CT molecular complexity index is 665. The van der Waals surface area contributed by atoms with E-state index < -0.39 is 0 Å². The molecule has 0 heterocycles. The molecule has 3 nitrogen and oxygen atoms in total. The van der Waals surface area contributed by atoms with Crippen molar-refractivity contribution in [2.24, 2.45) is 5.92 Å². The van der Waals surface area contributed by atoms with Crippen LogP contribution in [-0.4, -0.2) is 5.91 Å². The third-order valence-electron chi connectivity index (χ3n) is 3.83. The Balaban J connectivity index is 1.66. The van der Waals surface area contributed by atoms with Crippen molar-refractivity contribution in [2.75, 3.05) is 10.6 Å². The van der Waals surface area contributed by atoms with Gasteiger partial charge in [-0.25, -0.2) is 0 Å². The smallest absolute Gasteiger partial charge is 0.227 e. The Labute approximate surface area is 144 Å². The zero-order valence-corrected chi connectivity index (χ0v) is 14.6. The predicted octanol–water partition coefficient (Wildman–Crippen LogP) is 4.81. The third-order valence-corrected chi connectivity index (χ3v) is 4.55. The van der Waals surface area contributed by atoms with Gasteiger partial charge in [0, 0.05) is 26.9 Å². The van der Waals surface area contributed by atoms with Crippen LogP contribution in [0.15, 0.2) is 48.5 Å². The van der Waals surface area contributed by atoms with Crippen LogP contribution in [0.3, 0.4) is 0 Å². The van der Waals surface area contributed by atoms with Crippen molar-refractivity contribution in [2.45, 2.75) is 25.8 Å². The molecule has 0 radical (unpaired) electrons. The number of anilines is 2. The first-order valence-electron chi connectivity index (χ1n) is 7.55. The van der Waals surface area contributed by atoms with Crippen molar-refractivity contribution in [3.63, 3.8) is 0 Å². The molecule has 0 saturated heterocycles. The number of amides is 1. The van der Waals surface area contributed by atoms with Crippen molar-refractivity contribution < 1.29 is 4.79 Å². The van der Waals surface area contributed by atoms with Crippen LogP contribution in [0.1, 0.15) is 31.4 Å². The second-order valence-electron chi connectivity index (χ2n) is 5.76. The average Bonchev–Trinajstić information content (AvgIpc) is 3.33. The van der Waals surface area contributed by atoms with E-state index in [2.05, 4.69) is 64.4 Å². The molecule has 22 heavy (non-hydrogen) atoms. The van der Waals surface area contributed by atoms with Gasteiger partial charge < -0.3 is 10.6 Å². The fourth-order valence-corrected chi connectivity index (χ4v) is 2.72. The number of hydrogen-bond donors (Lipinski definition) is 2. The van der Waals surface area contributed by atoms with E-state index in [1.165, 1.54) is 9.13 Å². The SMILES string of the molecule is CC(Nc1cccc(NC(=O)C2CC2)c1)c1ccc(I)cc1. The third kappa shape index (κ3) is 4.00. The molecule has 3 rings (SSSR count). The van der Waals surface area contributed by atoms with Gasteiger partial charge in [0.25, 0.3) is 0 Å². The molecule has 1 aliphatic carbocycles. The van der Waals surface area contributed by atoms with Crippen LogP contribution in [0.5, 0.6) is 0 Å². The topological polar surface area (TPSA) is 41.1 Å². The van der Waals surface area contributed by atoms with E-state index in [-0.39, 0.29) is 17.9 Å². The minimum atomic E-state index is 0.142. The molecule has 1 unspecified atom stereocenters. The number of benzene rings is 2. The lowest BCUT2D eigenvalue weighted by atomic mass is 10.1. The fourth-order valence-electron chi connectivity index (χ4n) is 2.36. The Morgan fingerprint density at radius 3 is 2.50 bits per heavy atom. The summed E-state index contributed by atoms with van der Waals surface area (Å²) >= 11 is 2.31. The summed E-state index contributed by atoms with van der Waals surface area (Å²) < 4.78 is 1.23. The molecular formula is C18H19IN2O. The second-order valence-corrected chi connectivity index (χ2v) is 7.01. The largest absolute Gasteiger partial charge is 0.378 e. The zero-order chi connectivity index (χ0) is 15.5. The van der Waals surface area contributed by atoms with Crippen LogP contribution in [0.4, 0.5) is 11.4 Å². The maximum atomic E-state index is 11.8. The normalized spacial score (nSPS) is 15.2. The molecule has 1 fully saturated rings. The van der Waals surface area contributed by atoms with Crippen molar-refractivity contribution in [1.29, 1.82) is 0 Å². The predicted molar refractivity (Wildman–Crippen MR) is 99.0 cm³/mol. The molecule has 114 valence electrons. The lowest BCUT2D eigenvalue weighted by molar-refractivity contribution is -0.117. The molecule has 0 aromatic heterocycles. The summed E-state index contributed by atoms with van der Waals surface area (Å²) in [7, 11) is 0. The Morgan fingerprint density at radius 2 is 1.82 bits per heavy atom. The van der Waals surface area contributed by atoms with Gasteiger partial charge in [-0.1, -0.05) is 18.2 Å². The summed E-state index contributed by atoms with van der Waals surface area (Å²) in [5.41, 5.74) is 3.11. The molecule has 0 spiro atoms. The van der Waals surface area contributed by atoms with Gasteiger partial charge in [-0.3, -0.25) is 4.79 Å². The summed E-state index contributed by atoms with van der Waals surface area (Å²) in [6.45, 7) is 2.14. The molecule has 1 amide bonds. The van der Waals surface area contributed by atoms with Gasteiger partial charge in [-0.2, -0.15) is 0 Å². The van der Waals surface area contributed by atoms with Gasteiger partial charge in [0.15, 0.2) is 0 Å². The monoisotopic (exact) mass is 406 g/mol. The minimum absolute atomic E-state index is 0.142. The zero-order valence-electron chi connectivity index (χ0n) is 12.5. The van der Waals surface area contributed by atoms with Crippen LogP contribution >= 0.6 is 22.6 Å². The van der Waals surface area contributed by atoms with Crippen molar-refractivity contribution in [1.82, 2.24) is 0 Å². The molecule has 1 aliphatic rings. The molecular weight excluding hydrogens is 387 g/mol. The van der Waals surface area contributed by atoms with Crippen LogP contribution < -0.4 is 10.6 Å². The van der Waals surface area contributed by atoms with Gasteiger partial charge in [-0.15, -0.1) is 0 Å². The number of carbonyl (C=O) groups excluding carboxylic acids is 1. The number of nitrogens with one attached hydrogen (secondary N) is 2. The number of rotatable bonds is 5. The van der Waals surface area contributed by atoms with Crippen molar-refractivity contribution in [3.8, 4) is 0 Å². The van der Waals surface area contributed by atoms with Gasteiger partial charge >= 0.3 is 0 Å². The molecule has 1 atom stereocenters. The highest BCUT2D eigenvalue weighted by Gasteiger charge is 2.29. The standard InChI is InChI=1S/C18H19IN2O/c1-12(13-7-9-15(19)10-8-13)20-16-3-2-4-17(11-16)21-18(22)14-5-6-14/h2-4,7-12,14,20H,5-6H2,1H3,(H,21,22). The molecule has 0 bridgehead atoms. The minimum Gasteiger partial charge on any atom is -0.378 e. The first kappa shape index (κ1) is 15.3. The fraction of sp³-hybridized carbons (Fsp3) is 0.278. The molecule has 4 heteroatoms. The van der Waals surface area contributed by atoms with E-state index in [0.717, 1.165) is 24.2 Å². The van der Waals surface area contributed by atoms with Gasteiger partial charge in [0.2, 0.25) is 5.91 Å². The summed E-state index contributed by atoms with van der Waals surface area (Å²) in [5.74, 6) is 0.366. The summed E-state index contributed by atoms with van der Waals surface area (Å²) in [6.07, 6.45) is 2.04. The maximum Gasteiger partial charge on any atom is 0.227 e. The molecule has 2 aromatic carbocycles. The maximum absolute atomic E-state index is 11.8. The van der Waals surface area contributed by atoms with Gasteiger partial charge in [0.1, 0.15) is 0 Å². The Morgan fingerprint density at radius 1 is 1.14 bits per heavy atom. The lowest BCUT2D eigenvalue weighted by Crippen LogP contribution is -2.13. The van der Waals surface area contributed by atoms with Crippen LogP contribution in [0.2, 0.25) is 0 Å². The number of carbonyl (C=O) groups is 1. The molecule has 2 aromatic rings. The van der Waals surface area contributed by atoms with Crippen molar-refractivity contribution >= 4 is 39.9 Å². The number of hydrogen-bond acceptors (Lipinski definition) is 2. The van der Waals surface area contributed by atoms with E-state index in [9.17, 15) is 4.79 Å². The Kier molecular flexibility index (Phi) is 4.66. The Hall–Kier alpha value is -1.56. The highest BCUT2D eigenvalue weighted by atomic mass is 127. The molecule has 0 aliphatic heterocycles. The highest BCUT2D eigenvalue weighted by Crippen LogP contribution is 2.30. The van der Waals surface area contributed by atoms with Crippen LogP contribution in [0, 0.1) is 9.49 Å². The quantitative estimate of drug-likeness (QED) is 0.700. The van der Waals surface area contributed by atoms with E-state index >= 15 is 0 Å².